The fourth-order valence-electron chi connectivity index (χ4n) is 3.70. The molecule has 0 saturated carbocycles. The molecule has 0 bridgehead atoms. The summed E-state index contributed by atoms with van der Waals surface area (Å²) in [5.41, 5.74) is 5.53. The Bertz CT molecular complexity index is 802. The first-order valence-corrected chi connectivity index (χ1v) is 9.67. The van der Waals surface area contributed by atoms with Crippen LogP contribution in [0.4, 0.5) is 0 Å². The van der Waals surface area contributed by atoms with Crippen LogP contribution in [-0.4, -0.2) is 11.1 Å². The van der Waals surface area contributed by atoms with Crippen LogP contribution in [0.3, 0.4) is 0 Å². The molecule has 1 N–H and O–H groups in total. The quantitative estimate of drug-likeness (QED) is 0.629. The molecule has 26 heavy (non-hydrogen) atoms. The van der Waals surface area contributed by atoms with Crippen molar-refractivity contribution in [3.8, 4) is 0 Å². The van der Waals surface area contributed by atoms with Crippen molar-refractivity contribution in [1.82, 2.24) is 4.57 Å². The molecule has 1 heterocycles. The smallest absolute Gasteiger partial charge is 0.118 e. The number of aromatic nitrogens is 1. The Balaban J connectivity index is 1.73. The average molecular weight is 348 g/mol. The largest absolute Gasteiger partial charge is 0.342 e. The second-order valence-electron chi connectivity index (χ2n) is 7.80. The lowest BCUT2D eigenvalue weighted by molar-refractivity contribution is -0.930. The molecule has 136 valence electrons. The number of aryl methyl sites for hydroxylation is 1. The van der Waals surface area contributed by atoms with E-state index >= 15 is 0 Å². The molecule has 1 atom stereocenters. The molecule has 2 aromatic carbocycles. The number of benzene rings is 2. The SMILES string of the molecule is Cc1cccc(Cn2cccc2C[NH+](Cc2ccccc2)CC(C)C)c1. The van der Waals surface area contributed by atoms with Crippen molar-refractivity contribution in [2.75, 3.05) is 6.54 Å². The summed E-state index contributed by atoms with van der Waals surface area (Å²) in [5.74, 6) is 0.689. The number of hydrogen-bond acceptors (Lipinski definition) is 0. The molecule has 1 unspecified atom stereocenters. The van der Waals surface area contributed by atoms with Gasteiger partial charge in [-0.1, -0.05) is 74.0 Å². The summed E-state index contributed by atoms with van der Waals surface area (Å²) in [6.45, 7) is 11.1. The minimum Gasteiger partial charge on any atom is -0.342 e. The Morgan fingerprint density at radius 1 is 0.846 bits per heavy atom. The number of nitrogens with zero attached hydrogens (tertiary/aromatic N) is 1. The molecule has 0 aliphatic carbocycles. The van der Waals surface area contributed by atoms with Crippen molar-refractivity contribution >= 4 is 0 Å². The standard InChI is InChI=1S/C24H30N2/c1-20(2)16-25(17-22-10-5-4-6-11-22)19-24-13-8-14-26(24)18-23-12-7-9-21(3)15-23/h4-15,20H,16-19H2,1-3H3/p+1. The van der Waals surface area contributed by atoms with Crippen LogP contribution in [0, 0.1) is 12.8 Å². The Morgan fingerprint density at radius 2 is 1.62 bits per heavy atom. The second kappa shape index (κ2) is 8.86. The third kappa shape index (κ3) is 5.34. The highest BCUT2D eigenvalue weighted by atomic mass is 15.1. The van der Waals surface area contributed by atoms with Crippen LogP contribution in [0.5, 0.6) is 0 Å². The first-order chi connectivity index (χ1) is 12.6. The van der Waals surface area contributed by atoms with E-state index in [2.05, 4.69) is 98.3 Å². The Kier molecular flexibility index (Phi) is 6.30. The van der Waals surface area contributed by atoms with Gasteiger partial charge in [-0.2, -0.15) is 0 Å². The molecule has 0 radical (unpaired) electrons. The summed E-state index contributed by atoms with van der Waals surface area (Å²) in [5, 5.41) is 0. The van der Waals surface area contributed by atoms with Gasteiger partial charge in [-0.25, -0.2) is 0 Å². The summed E-state index contributed by atoms with van der Waals surface area (Å²) in [6.07, 6.45) is 2.22. The normalized spacial score (nSPS) is 12.5. The van der Waals surface area contributed by atoms with Crippen molar-refractivity contribution in [3.05, 3.63) is 95.3 Å². The van der Waals surface area contributed by atoms with Gasteiger partial charge in [0.2, 0.25) is 0 Å². The maximum Gasteiger partial charge on any atom is 0.118 e. The van der Waals surface area contributed by atoms with Crippen molar-refractivity contribution in [2.24, 2.45) is 5.92 Å². The van der Waals surface area contributed by atoms with Gasteiger partial charge in [-0.3, -0.25) is 0 Å². The van der Waals surface area contributed by atoms with Crippen LogP contribution in [0.2, 0.25) is 0 Å². The molecule has 2 heteroatoms. The van der Waals surface area contributed by atoms with Crippen LogP contribution in [-0.2, 0) is 19.6 Å². The van der Waals surface area contributed by atoms with Gasteiger partial charge in [0.15, 0.2) is 0 Å². The number of rotatable bonds is 8. The summed E-state index contributed by atoms with van der Waals surface area (Å²) in [4.78, 5) is 1.62. The summed E-state index contributed by atoms with van der Waals surface area (Å²) in [7, 11) is 0. The van der Waals surface area contributed by atoms with Crippen molar-refractivity contribution in [3.63, 3.8) is 0 Å². The topological polar surface area (TPSA) is 9.37 Å². The zero-order valence-corrected chi connectivity index (χ0v) is 16.3. The molecule has 2 nitrogen and oxygen atoms in total. The second-order valence-corrected chi connectivity index (χ2v) is 7.80. The van der Waals surface area contributed by atoms with Gasteiger partial charge in [0, 0.05) is 24.2 Å². The Hall–Kier alpha value is -2.32. The molecule has 0 amide bonds. The van der Waals surface area contributed by atoms with Gasteiger partial charge in [0.05, 0.1) is 12.2 Å². The average Bonchev–Trinajstić information content (AvgIpc) is 3.02. The highest BCUT2D eigenvalue weighted by molar-refractivity contribution is 5.23. The van der Waals surface area contributed by atoms with E-state index in [1.54, 1.807) is 4.90 Å². The van der Waals surface area contributed by atoms with E-state index in [1.807, 2.05) is 0 Å². The number of nitrogens with one attached hydrogen (secondary N) is 1. The van der Waals surface area contributed by atoms with Gasteiger partial charge in [-0.05, 0) is 24.6 Å². The predicted molar refractivity (Wildman–Crippen MR) is 109 cm³/mol. The van der Waals surface area contributed by atoms with E-state index in [-0.39, 0.29) is 0 Å². The highest BCUT2D eigenvalue weighted by Crippen LogP contribution is 2.09. The first-order valence-electron chi connectivity index (χ1n) is 9.67. The van der Waals surface area contributed by atoms with E-state index in [0.717, 1.165) is 19.6 Å². The summed E-state index contributed by atoms with van der Waals surface area (Å²) in [6, 6.07) is 24.1. The maximum atomic E-state index is 2.40. The van der Waals surface area contributed by atoms with Crippen LogP contribution < -0.4 is 4.90 Å². The Labute approximate surface area is 158 Å². The van der Waals surface area contributed by atoms with Gasteiger partial charge in [0.1, 0.15) is 13.1 Å². The van der Waals surface area contributed by atoms with E-state index < -0.39 is 0 Å². The minimum atomic E-state index is 0.689. The van der Waals surface area contributed by atoms with Crippen molar-refractivity contribution < 1.29 is 4.90 Å². The van der Waals surface area contributed by atoms with E-state index in [0.29, 0.717) is 5.92 Å². The third-order valence-electron chi connectivity index (χ3n) is 4.78. The van der Waals surface area contributed by atoms with Crippen LogP contribution in [0.25, 0.3) is 0 Å². The zero-order valence-electron chi connectivity index (χ0n) is 16.3. The molecule has 3 aromatic rings. The lowest BCUT2D eigenvalue weighted by atomic mass is 10.1. The fourth-order valence-corrected chi connectivity index (χ4v) is 3.70. The van der Waals surface area contributed by atoms with Crippen molar-refractivity contribution in [1.29, 1.82) is 0 Å². The van der Waals surface area contributed by atoms with Gasteiger partial charge >= 0.3 is 0 Å². The summed E-state index contributed by atoms with van der Waals surface area (Å²) < 4.78 is 2.40. The third-order valence-corrected chi connectivity index (χ3v) is 4.78. The molecular weight excluding hydrogens is 316 g/mol. The predicted octanol–water partition coefficient (Wildman–Crippen LogP) is 4.09. The molecule has 0 aliphatic heterocycles. The van der Waals surface area contributed by atoms with E-state index in [1.165, 1.54) is 28.9 Å². The molecular formula is C24H31N2+. The summed E-state index contributed by atoms with van der Waals surface area (Å²) >= 11 is 0. The molecule has 1 aromatic heterocycles. The van der Waals surface area contributed by atoms with E-state index in [9.17, 15) is 0 Å². The van der Waals surface area contributed by atoms with E-state index in [4.69, 9.17) is 0 Å². The van der Waals surface area contributed by atoms with Gasteiger partial charge in [-0.15, -0.1) is 0 Å². The van der Waals surface area contributed by atoms with Crippen LogP contribution >= 0.6 is 0 Å². The lowest BCUT2D eigenvalue weighted by Gasteiger charge is -2.22. The van der Waals surface area contributed by atoms with Crippen LogP contribution in [0.15, 0.2) is 72.9 Å². The zero-order chi connectivity index (χ0) is 18.4. The molecule has 0 saturated heterocycles. The fraction of sp³-hybridized carbons (Fsp3) is 0.333. The molecule has 0 spiro atoms. The van der Waals surface area contributed by atoms with Gasteiger partial charge < -0.3 is 9.47 Å². The van der Waals surface area contributed by atoms with Crippen molar-refractivity contribution in [2.45, 2.75) is 40.4 Å². The maximum absolute atomic E-state index is 2.40. The monoisotopic (exact) mass is 347 g/mol. The minimum absolute atomic E-state index is 0.689. The molecule has 0 aliphatic rings. The molecule has 3 rings (SSSR count). The van der Waals surface area contributed by atoms with Crippen LogP contribution in [0.1, 0.15) is 36.2 Å². The lowest BCUT2D eigenvalue weighted by Crippen LogP contribution is -3.10. The Morgan fingerprint density at radius 3 is 2.35 bits per heavy atom. The van der Waals surface area contributed by atoms with Gasteiger partial charge in [0.25, 0.3) is 0 Å². The first kappa shape index (κ1) is 18.5. The number of hydrogen-bond donors (Lipinski definition) is 1. The molecule has 0 fully saturated rings. The number of quaternary nitrogens is 1. The highest BCUT2D eigenvalue weighted by Gasteiger charge is 2.15.